The number of nitrogens with one attached hydrogen (secondary N) is 1. The number of aromatic nitrogens is 1. The predicted octanol–water partition coefficient (Wildman–Crippen LogP) is 3.29. The third-order valence-corrected chi connectivity index (χ3v) is 4.90. The lowest BCUT2D eigenvalue weighted by atomic mass is 9.96. The Labute approximate surface area is 156 Å². The van der Waals surface area contributed by atoms with Crippen molar-refractivity contribution >= 4 is 28.9 Å². The number of benzene rings is 1. The number of hydrogen-bond acceptors (Lipinski definition) is 5. The minimum absolute atomic E-state index is 0.0862. The Morgan fingerprint density at radius 3 is 2.73 bits per heavy atom. The minimum Gasteiger partial charge on any atom is -0.370 e. The maximum atomic E-state index is 12.3. The molecule has 1 amide bonds. The SMILES string of the molecule is O=C(NCC1CCN(c2cccnc2)CC1)c1ccc([N+](=O)[O-])cc1Cl. The largest absolute Gasteiger partial charge is 0.370 e. The number of rotatable bonds is 5. The molecule has 7 nitrogen and oxygen atoms in total. The molecule has 2 aromatic rings. The van der Waals surface area contributed by atoms with E-state index >= 15 is 0 Å². The first-order chi connectivity index (χ1) is 12.5. The van der Waals surface area contributed by atoms with Crippen LogP contribution in [0.5, 0.6) is 0 Å². The number of anilines is 1. The molecular weight excluding hydrogens is 356 g/mol. The normalized spacial score (nSPS) is 14.9. The van der Waals surface area contributed by atoms with E-state index in [1.165, 1.54) is 18.2 Å². The Balaban J connectivity index is 1.51. The van der Waals surface area contributed by atoms with Crippen LogP contribution in [0.4, 0.5) is 11.4 Å². The number of halogens is 1. The van der Waals surface area contributed by atoms with Crippen molar-refractivity contribution in [2.24, 2.45) is 5.92 Å². The van der Waals surface area contributed by atoms with Gasteiger partial charge in [0.1, 0.15) is 0 Å². The zero-order valence-electron chi connectivity index (χ0n) is 14.1. The van der Waals surface area contributed by atoms with Crippen LogP contribution in [0, 0.1) is 16.0 Å². The summed E-state index contributed by atoms with van der Waals surface area (Å²) in [5.41, 5.74) is 1.24. The second-order valence-corrected chi connectivity index (χ2v) is 6.68. The van der Waals surface area contributed by atoms with Gasteiger partial charge in [-0.2, -0.15) is 0 Å². The summed E-state index contributed by atoms with van der Waals surface area (Å²) in [5, 5.41) is 13.7. The van der Waals surface area contributed by atoms with Crippen LogP contribution in [0.2, 0.25) is 5.02 Å². The zero-order chi connectivity index (χ0) is 18.5. The summed E-state index contributed by atoms with van der Waals surface area (Å²) in [4.78, 5) is 28.9. The number of non-ortho nitro benzene ring substituents is 1. The first kappa shape index (κ1) is 18.1. The van der Waals surface area contributed by atoms with E-state index in [9.17, 15) is 14.9 Å². The van der Waals surface area contributed by atoms with Gasteiger partial charge in [0.25, 0.3) is 11.6 Å². The van der Waals surface area contributed by atoms with Gasteiger partial charge in [0, 0.05) is 38.0 Å². The van der Waals surface area contributed by atoms with Gasteiger partial charge >= 0.3 is 0 Å². The maximum absolute atomic E-state index is 12.3. The molecule has 0 unspecified atom stereocenters. The summed E-state index contributed by atoms with van der Waals surface area (Å²) >= 11 is 6.00. The average Bonchev–Trinajstić information content (AvgIpc) is 2.67. The average molecular weight is 375 g/mol. The molecule has 1 saturated heterocycles. The number of piperidine rings is 1. The summed E-state index contributed by atoms with van der Waals surface area (Å²) in [5.74, 6) is 0.0864. The smallest absolute Gasteiger partial charge is 0.270 e. The van der Waals surface area contributed by atoms with Crippen molar-refractivity contribution in [3.63, 3.8) is 0 Å². The van der Waals surface area contributed by atoms with E-state index < -0.39 is 4.92 Å². The van der Waals surface area contributed by atoms with Crippen LogP contribution in [0.1, 0.15) is 23.2 Å². The van der Waals surface area contributed by atoms with Crippen molar-refractivity contribution in [3.8, 4) is 0 Å². The third kappa shape index (κ3) is 4.29. The van der Waals surface area contributed by atoms with Crippen molar-refractivity contribution in [3.05, 3.63) is 63.4 Å². The number of pyridine rings is 1. The topological polar surface area (TPSA) is 88.4 Å². The van der Waals surface area contributed by atoms with E-state index in [4.69, 9.17) is 11.6 Å². The molecule has 8 heteroatoms. The molecule has 1 fully saturated rings. The summed E-state index contributed by atoms with van der Waals surface area (Å²) in [6.07, 6.45) is 5.57. The molecular formula is C18H19ClN4O3. The number of amides is 1. The van der Waals surface area contributed by atoms with Crippen molar-refractivity contribution in [1.29, 1.82) is 0 Å². The van der Waals surface area contributed by atoms with Crippen LogP contribution in [-0.4, -0.2) is 35.4 Å². The van der Waals surface area contributed by atoms with Crippen LogP contribution in [-0.2, 0) is 0 Å². The highest BCUT2D eigenvalue weighted by molar-refractivity contribution is 6.34. The maximum Gasteiger partial charge on any atom is 0.270 e. The molecule has 0 atom stereocenters. The first-order valence-corrected chi connectivity index (χ1v) is 8.79. The van der Waals surface area contributed by atoms with Crippen LogP contribution in [0.3, 0.4) is 0 Å². The van der Waals surface area contributed by atoms with Gasteiger partial charge in [0.15, 0.2) is 0 Å². The van der Waals surface area contributed by atoms with Crippen LogP contribution in [0.25, 0.3) is 0 Å². The van der Waals surface area contributed by atoms with Crippen molar-refractivity contribution in [1.82, 2.24) is 10.3 Å². The zero-order valence-corrected chi connectivity index (χ0v) is 14.9. The standard InChI is InChI=1S/C18H19ClN4O3/c19-17-10-14(23(25)26)3-4-16(17)18(24)21-11-13-5-8-22(9-6-13)15-2-1-7-20-12-15/h1-4,7,10,12-13H,5-6,8-9,11H2,(H,21,24). The minimum atomic E-state index is -0.538. The van der Waals surface area contributed by atoms with Gasteiger partial charge in [0.05, 0.1) is 27.4 Å². The van der Waals surface area contributed by atoms with E-state index in [2.05, 4.69) is 15.2 Å². The van der Waals surface area contributed by atoms with E-state index in [0.29, 0.717) is 12.5 Å². The molecule has 1 N–H and O–H groups in total. The van der Waals surface area contributed by atoms with Gasteiger partial charge < -0.3 is 10.2 Å². The summed E-state index contributed by atoms with van der Waals surface area (Å²) in [6, 6.07) is 7.85. The number of hydrogen-bond donors (Lipinski definition) is 1. The Bertz CT molecular complexity index is 792. The Morgan fingerprint density at radius 1 is 1.35 bits per heavy atom. The Hall–Kier alpha value is -2.67. The summed E-state index contributed by atoms with van der Waals surface area (Å²) in [7, 11) is 0. The van der Waals surface area contributed by atoms with Gasteiger partial charge in [-0.05, 0) is 37.0 Å². The van der Waals surface area contributed by atoms with Crippen molar-refractivity contribution in [2.45, 2.75) is 12.8 Å². The van der Waals surface area contributed by atoms with E-state index in [1.807, 2.05) is 18.3 Å². The van der Waals surface area contributed by atoms with Gasteiger partial charge in [-0.3, -0.25) is 19.9 Å². The van der Waals surface area contributed by atoms with Gasteiger partial charge in [-0.25, -0.2) is 0 Å². The van der Waals surface area contributed by atoms with E-state index in [-0.39, 0.29) is 22.2 Å². The number of carbonyl (C=O) groups excluding carboxylic acids is 1. The van der Waals surface area contributed by atoms with Crippen LogP contribution >= 0.6 is 11.6 Å². The molecule has 1 aliphatic rings. The fourth-order valence-electron chi connectivity index (χ4n) is 3.07. The van der Waals surface area contributed by atoms with Crippen molar-refractivity contribution in [2.75, 3.05) is 24.5 Å². The van der Waals surface area contributed by atoms with Crippen LogP contribution < -0.4 is 10.2 Å². The number of nitro groups is 1. The highest BCUT2D eigenvalue weighted by Gasteiger charge is 2.21. The lowest BCUT2D eigenvalue weighted by Crippen LogP contribution is -2.38. The number of nitro benzene ring substituents is 1. The fraction of sp³-hybridized carbons (Fsp3) is 0.333. The Morgan fingerprint density at radius 2 is 2.12 bits per heavy atom. The molecule has 3 rings (SSSR count). The van der Waals surface area contributed by atoms with Gasteiger partial charge in [-0.1, -0.05) is 11.6 Å². The number of nitrogens with zero attached hydrogens (tertiary/aromatic N) is 3. The lowest BCUT2D eigenvalue weighted by molar-refractivity contribution is -0.384. The molecule has 1 aromatic heterocycles. The quantitative estimate of drug-likeness (QED) is 0.640. The van der Waals surface area contributed by atoms with Gasteiger partial charge in [-0.15, -0.1) is 0 Å². The highest BCUT2D eigenvalue weighted by atomic mass is 35.5. The second kappa shape index (κ2) is 8.14. The first-order valence-electron chi connectivity index (χ1n) is 8.41. The molecule has 26 heavy (non-hydrogen) atoms. The monoisotopic (exact) mass is 374 g/mol. The Kier molecular flexibility index (Phi) is 5.68. The molecule has 136 valence electrons. The number of carbonyl (C=O) groups is 1. The molecule has 0 aliphatic carbocycles. The molecule has 0 radical (unpaired) electrons. The van der Waals surface area contributed by atoms with Crippen LogP contribution in [0.15, 0.2) is 42.7 Å². The molecule has 0 saturated carbocycles. The molecule has 2 heterocycles. The van der Waals surface area contributed by atoms with E-state index in [0.717, 1.165) is 31.6 Å². The molecule has 0 spiro atoms. The molecule has 1 aliphatic heterocycles. The van der Waals surface area contributed by atoms with Crippen molar-refractivity contribution < 1.29 is 9.72 Å². The highest BCUT2D eigenvalue weighted by Crippen LogP contribution is 2.24. The third-order valence-electron chi connectivity index (χ3n) is 4.59. The van der Waals surface area contributed by atoms with E-state index in [1.54, 1.807) is 6.20 Å². The lowest BCUT2D eigenvalue weighted by Gasteiger charge is -2.33. The summed E-state index contributed by atoms with van der Waals surface area (Å²) < 4.78 is 0. The predicted molar refractivity (Wildman–Crippen MR) is 99.6 cm³/mol. The molecule has 0 bridgehead atoms. The molecule has 1 aromatic carbocycles. The fourth-order valence-corrected chi connectivity index (χ4v) is 3.33. The van der Waals surface area contributed by atoms with Gasteiger partial charge in [0.2, 0.25) is 0 Å². The summed E-state index contributed by atoms with van der Waals surface area (Å²) in [6.45, 7) is 2.40. The second-order valence-electron chi connectivity index (χ2n) is 6.27.